The number of benzene rings is 5. The maximum absolute atomic E-state index is 13.6. The normalized spacial score (nSPS) is 11.8. The summed E-state index contributed by atoms with van der Waals surface area (Å²) in [5, 5.41) is 10.5. The van der Waals surface area contributed by atoms with E-state index in [-0.39, 0.29) is 16.9 Å². The van der Waals surface area contributed by atoms with Crippen molar-refractivity contribution in [2.24, 2.45) is 0 Å². The Morgan fingerprint density at radius 1 is 0.723 bits per heavy atom. The van der Waals surface area contributed by atoms with Gasteiger partial charge in [0.25, 0.3) is 11.8 Å². The van der Waals surface area contributed by atoms with Crippen LogP contribution in [0.1, 0.15) is 29.3 Å². The van der Waals surface area contributed by atoms with Gasteiger partial charge in [-0.2, -0.15) is 0 Å². The molecule has 0 heterocycles. The highest BCUT2D eigenvalue weighted by Crippen LogP contribution is 2.30. The van der Waals surface area contributed by atoms with Gasteiger partial charge in [0.1, 0.15) is 5.70 Å². The van der Waals surface area contributed by atoms with Gasteiger partial charge in [-0.3, -0.25) is 14.4 Å². The Kier molecular flexibility index (Phi) is 10.9. The van der Waals surface area contributed by atoms with Crippen LogP contribution in [0, 0.1) is 0 Å². The van der Waals surface area contributed by atoms with E-state index in [1.807, 2.05) is 73.7 Å². The maximum atomic E-state index is 13.6. The summed E-state index contributed by atoms with van der Waals surface area (Å²) in [6.45, 7) is 1.96. The minimum absolute atomic E-state index is 0.0327. The molecule has 0 fully saturated rings. The predicted octanol–water partition coefficient (Wildman–Crippen LogP) is 7.78. The Labute approximate surface area is 278 Å². The number of rotatable bonds is 12. The third kappa shape index (κ3) is 8.59. The molecule has 0 aliphatic rings. The van der Waals surface area contributed by atoms with Crippen LogP contribution in [-0.4, -0.2) is 37.2 Å². The number of carbonyl (C=O) groups is 3. The molecular weight excluding hydrogens is 611 g/mol. The van der Waals surface area contributed by atoms with Gasteiger partial charge in [-0.15, -0.1) is 11.8 Å². The average molecular weight is 646 g/mol. The molecule has 0 aliphatic carbocycles. The Morgan fingerprint density at radius 2 is 1.45 bits per heavy atom. The zero-order valence-electron chi connectivity index (χ0n) is 26.3. The first kappa shape index (κ1) is 32.8. The van der Waals surface area contributed by atoms with Crippen molar-refractivity contribution in [3.8, 4) is 11.5 Å². The van der Waals surface area contributed by atoms with Gasteiger partial charge in [0.05, 0.1) is 19.5 Å². The number of nitrogens with one attached hydrogen (secondary N) is 3. The lowest BCUT2D eigenvalue weighted by Gasteiger charge is -2.16. The number of fused-ring (bicyclic) bond motifs is 1. The third-order valence-electron chi connectivity index (χ3n) is 7.30. The van der Waals surface area contributed by atoms with E-state index in [1.54, 1.807) is 61.7 Å². The van der Waals surface area contributed by atoms with Crippen LogP contribution >= 0.6 is 11.8 Å². The van der Waals surface area contributed by atoms with Crippen LogP contribution in [0.3, 0.4) is 0 Å². The first-order chi connectivity index (χ1) is 22.9. The van der Waals surface area contributed by atoms with Crippen LogP contribution in [-0.2, 0) is 9.59 Å². The fraction of sp³-hybridized carbons (Fsp3) is 0.132. The van der Waals surface area contributed by atoms with Crippen LogP contribution in [0.2, 0.25) is 0 Å². The Hall–Kier alpha value is -5.54. The van der Waals surface area contributed by atoms with Gasteiger partial charge in [0.2, 0.25) is 5.91 Å². The molecule has 0 radical (unpaired) electrons. The Bertz CT molecular complexity index is 1930. The van der Waals surface area contributed by atoms with E-state index in [2.05, 4.69) is 16.0 Å². The summed E-state index contributed by atoms with van der Waals surface area (Å²) in [5.41, 5.74) is 2.31. The van der Waals surface area contributed by atoms with E-state index < -0.39 is 11.8 Å². The highest BCUT2D eigenvalue weighted by atomic mass is 32.2. The van der Waals surface area contributed by atoms with Gasteiger partial charge < -0.3 is 25.4 Å². The molecule has 1 unspecified atom stereocenters. The van der Waals surface area contributed by atoms with E-state index in [1.165, 1.54) is 18.9 Å². The van der Waals surface area contributed by atoms with Crippen molar-refractivity contribution < 1.29 is 23.9 Å². The Morgan fingerprint density at radius 3 is 2.19 bits per heavy atom. The molecule has 0 saturated heterocycles. The predicted molar refractivity (Wildman–Crippen MR) is 189 cm³/mol. The summed E-state index contributed by atoms with van der Waals surface area (Å²) in [4.78, 5) is 40.8. The minimum atomic E-state index is -0.521. The number of ether oxygens (including phenoxy) is 2. The van der Waals surface area contributed by atoms with Gasteiger partial charge in [0, 0.05) is 21.8 Å². The Balaban J connectivity index is 1.33. The quantitative estimate of drug-likeness (QED) is 0.0946. The second-order valence-electron chi connectivity index (χ2n) is 10.5. The monoisotopic (exact) mass is 645 g/mol. The second kappa shape index (κ2) is 15.6. The molecule has 5 aromatic carbocycles. The lowest BCUT2D eigenvalue weighted by Crippen LogP contribution is -2.30. The number of carbonyl (C=O) groups excluding carboxylic acids is 3. The molecule has 5 aromatic rings. The number of anilines is 2. The summed E-state index contributed by atoms with van der Waals surface area (Å²) in [5.74, 6) is -0.0387. The molecule has 9 heteroatoms. The zero-order valence-corrected chi connectivity index (χ0v) is 27.1. The molecule has 47 heavy (non-hydrogen) atoms. The van der Waals surface area contributed by atoms with Crippen molar-refractivity contribution >= 4 is 57.7 Å². The summed E-state index contributed by atoms with van der Waals surface area (Å²) in [6.07, 6.45) is 2.17. The molecule has 5 rings (SSSR count). The summed E-state index contributed by atoms with van der Waals surface area (Å²) in [7, 11) is 3.07. The topological polar surface area (TPSA) is 106 Å². The number of hydrogen-bond donors (Lipinski definition) is 3. The van der Waals surface area contributed by atoms with Crippen LogP contribution in [0.5, 0.6) is 11.5 Å². The largest absolute Gasteiger partial charge is 0.493 e. The van der Waals surface area contributed by atoms with Gasteiger partial charge in [-0.1, -0.05) is 67.6 Å². The van der Waals surface area contributed by atoms with Crippen LogP contribution in [0.15, 0.2) is 126 Å². The standard InChI is InChI=1S/C38H35N3O5S/c1-4-35(38(44)40-30-19-18-26-11-8-9-14-28(26)23-30)47-31-16-10-15-29(24-31)39-37(43)32(41-36(42)27-12-6-5-7-13-27)21-25-17-20-33(45-2)34(22-25)46-3/h5-24,35H,4H2,1-3H3,(H,39,43)(H,40,44)(H,41,42)/b32-21+. The van der Waals surface area contributed by atoms with Gasteiger partial charge in [0.15, 0.2) is 11.5 Å². The van der Waals surface area contributed by atoms with Crippen molar-refractivity contribution in [3.05, 3.63) is 132 Å². The van der Waals surface area contributed by atoms with E-state index >= 15 is 0 Å². The van der Waals surface area contributed by atoms with Crippen molar-refractivity contribution in [2.45, 2.75) is 23.5 Å². The minimum Gasteiger partial charge on any atom is -0.493 e. The summed E-state index contributed by atoms with van der Waals surface area (Å²) >= 11 is 1.41. The first-order valence-electron chi connectivity index (χ1n) is 15.0. The lowest BCUT2D eigenvalue weighted by atomic mass is 10.1. The third-order valence-corrected chi connectivity index (χ3v) is 8.66. The number of methoxy groups -OCH3 is 2. The molecule has 0 aromatic heterocycles. The maximum Gasteiger partial charge on any atom is 0.272 e. The SMILES string of the molecule is CCC(Sc1cccc(NC(=O)/C(=C\c2ccc(OC)c(OC)c2)NC(=O)c2ccccc2)c1)C(=O)Nc1ccc2ccccc2c1. The smallest absolute Gasteiger partial charge is 0.272 e. The molecule has 1 atom stereocenters. The molecule has 8 nitrogen and oxygen atoms in total. The highest BCUT2D eigenvalue weighted by molar-refractivity contribution is 8.00. The molecule has 3 amide bonds. The van der Waals surface area contributed by atoms with Gasteiger partial charge >= 0.3 is 0 Å². The summed E-state index contributed by atoms with van der Waals surface area (Å²) in [6, 6.07) is 35.0. The number of hydrogen-bond acceptors (Lipinski definition) is 6. The first-order valence-corrected chi connectivity index (χ1v) is 15.9. The summed E-state index contributed by atoms with van der Waals surface area (Å²) < 4.78 is 10.7. The second-order valence-corrected chi connectivity index (χ2v) is 11.8. The van der Waals surface area contributed by atoms with Gasteiger partial charge in [-0.05, 0) is 83.4 Å². The highest BCUT2D eigenvalue weighted by Gasteiger charge is 2.20. The van der Waals surface area contributed by atoms with Crippen LogP contribution < -0.4 is 25.4 Å². The van der Waals surface area contributed by atoms with E-state index in [4.69, 9.17) is 9.47 Å². The molecular formula is C38H35N3O5S. The molecule has 0 saturated carbocycles. The molecule has 0 aliphatic heterocycles. The van der Waals surface area contributed by atoms with Gasteiger partial charge in [-0.25, -0.2) is 0 Å². The van der Waals surface area contributed by atoms with E-state index in [0.29, 0.717) is 34.7 Å². The van der Waals surface area contributed by atoms with Crippen molar-refractivity contribution in [2.75, 3.05) is 24.9 Å². The zero-order chi connectivity index (χ0) is 33.2. The lowest BCUT2D eigenvalue weighted by molar-refractivity contribution is -0.116. The number of thioether (sulfide) groups is 1. The number of amides is 3. The van der Waals surface area contributed by atoms with E-state index in [9.17, 15) is 14.4 Å². The molecule has 238 valence electrons. The fourth-order valence-corrected chi connectivity index (χ4v) is 5.89. The molecule has 0 spiro atoms. The van der Waals surface area contributed by atoms with Crippen LogP contribution in [0.25, 0.3) is 16.8 Å². The molecule has 0 bridgehead atoms. The van der Waals surface area contributed by atoms with Crippen molar-refractivity contribution in [1.82, 2.24) is 5.32 Å². The average Bonchev–Trinajstić information content (AvgIpc) is 3.10. The molecule has 3 N–H and O–H groups in total. The fourth-order valence-electron chi connectivity index (χ4n) is 4.87. The van der Waals surface area contributed by atoms with Crippen molar-refractivity contribution in [3.63, 3.8) is 0 Å². The van der Waals surface area contributed by atoms with Crippen molar-refractivity contribution in [1.29, 1.82) is 0 Å². The van der Waals surface area contributed by atoms with E-state index in [0.717, 1.165) is 21.4 Å². The van der Waals surface area contributed by atoms with Crippen LogP contribution in [0.4, 0.5) is 11.4 Å².